The third-order valence-electron chi connectivity index (χ3n) is 3.21. The molecule has 0 radical (unpaired) electrons. The molecule has 0 aliphatic rings. The van der Waals surface area contributed by atoms with Crippen molar-refractivity contribution in [3.63, 3.8) is 0 Å². The van der Waals surface area contributed by atoms with E-state index in [2.05, 4.69) is 32.2 Å². The van der Waals surface area contributed by atoms with Crippen LogP contribution < -0.4 is 5.32 Å². The number of nitriles is 1. The Bertz CT molecular complexity index is 396. The molecular formula is C14H23N3. The van der Waals surface area contributed by atoms with Crippen LogP contribution in [0, 0.1) is 24.2 Å². The first-order valence-corrected chi connectivity index (χ1v) is 6.32. The highest BCUT2D eigenvalue weighted by molar-refractivity contribution is 5.33. The number of nitrogens with one attached hydrogen (secondary N) is 1. The van der Waals surface area contributed by atoms with Crippen molar-refractivity contribution in [3.05, 3.63) is 23.0 Å². The molecule has 94 valence electrons. The molecule has 0 spiro atoms. The van der Waals surface area contributed by atoms with Crippen molar-refractivity contribution in [2.24, 2.45) is 13.0 Å². The van der Waals surface area contributed by atoms with Crippen LogP contribution in [0.25, 0.3) is 0 Å². The molecule has 1 aromatic heterocycles. The maximum Gasteiger partial charge on any atom is 0.120 e. The van der Waals surface area contributed by atoms with Crippen molar-refractivity contribution < 1.29 is 0 Å². The van der Waals surface area contributed by atoms with E-state index >= 15 is 0 Å². The maximum atomic E-state index is 8.94. The van der Waals surface area contributed by atoms with E-state index in [1.807, 2.05) is 17.7 Å². The second-order valence-electron chi connectivity index (χ2n) is 5.02. The Morgan fingerprint density at radius 3 is 2.71 bits per heavy atom. The van der Waals surface area contributed by atoms with E-state index < -0.39 is 0 Å². The Labute approximate surface area is 104 Å². The Morgan fingerprint density at radius 2 is 2.18 bits per heavy atom. The minimum Gasteiger partial charge on any atom is -0.340 e. The molecule has 0 bridgehead atoms. The van der Waals surface area contributed by atoms with Crippen LogP contribution in [0.2, 0.25) is 0 Å². The molecule has 0 atom stereocenters. The van der Waals surface area contributed by atoms with E-state index in [0.29, 0.717) is 0 Å². The molecule has 0 amide bonds. The largest absolute Gasteiger partial charge is 0.340 e. The number of hydrogen-bond acceptors (Lipinski definition) is 2. The van der Waals surface area contributed by atoms with E-state index in [9.17, 15) is 0 Å². The zero-order valence-electron chi connectivity index (χ0n) is 11.4. The third kappa shape index (κ3) is 3.90. The zero-order chi connectivity index (χ0) is 12.8. The van der Waals surface area contributed by atoms with Crippen LogP contribution in [-0.4, -0.2) is 11.1 Å². The van der Waals surface area contributed by atoms with Crippen LogP contribution in [0.15, 0.2) is 6.07 Å². The second-order valence-corrected chi connectivity index (χ2v) is 5.02. The van der Waals surface area contributed by atoms with Gasteiger partial charge in [-0.3, -0.25) is 0 Å². The summed E-state index contributed by atoms with van der Waals surface area (Å²) in [6.45, 7) is 8.47. The van der Waals surface area contributed by atoms with Gasteiger partial charge in [0.05, 0.1) is 0 Å². The lowest BCUT2D eigenvalue weighted by Crippen LogP contribution is -2.15. The van der Waals surface area contributed by atoms with E-state index in [4.69, 9.17) is 5.26 Å². The van der Waals surface area contributed by atoms with Crippen LogP contribution in [0.3, 0.4) is 0 Å². The Morgan fingerprint density at radius 1 is 1.47 bits per heavy atom. The topological polar surface area (TPSA) is 40.8 Å². The summed E-state index contributed by atoms with van der Waals surface area (Å²) < 4.78 is 1.95. The van der Waals surface area contributed by atoms with Gasteiger partial charge in [0.1, 0.15) is 11.8 Å². The third-order valence-corrected chi connectivity index (χ3v) is 3.21. The average molecular weight is 233 g/mol. The first-order chi connectivity index (χ1) is 8.06. The van der Waals surface area contributed by atoms with Crippen molar-refractivity contribution in [1.82, 2.24) is 9.88 Å². The summed E-state index contributed by atoms with van der Waals surface area (Å²) in [6.07, 6.45) is 2.48. The molecule has 3 heteroatoms. The predicted octanol–water partition coefficient (Wildman–Crippen LogP) is 2.73. The van der Waals surface area contributed by atoms with E-state index in [1.54, 1.807) is 0 Å². The molecule has 0 saturated heterocycles. The monoisotopic (exact) mass is 233 g/mol. The predicted molar refractivity (Wildman–Crippen MR) is 70.6 cm³/mol. The summed E-state index contributed by atoms with van der Waals surface area (Å²) in [5.41, 5.74) is 3.15. The molecule has 1 heterocycles. The molecule has 0 fully saturated rings. The highest BCUT2D eigenvalue weighted by atomic mass is 15.0. The number of hydrogen-bond donors (Lipinski definition) is 1. The molecule has 0 aliphatic heterocycles. The summed E-state index contributed by atoms with van der Waals surface area (Å²) >= 11 is 0. The molecule has 1 N–H and O–H groups in total. The van der Waals surface area contributed by atoms with Gasteiger partial charge in [-0.2, -0.15) is 5.26 Å². The van der Waals surface area contributed by atoms with Gasteiger partial charge >= 0.3 is 0 Å². The minimum absolute atomic E-state index is 0.737. The van der Waals surface area contributed by atoms with E-state index in [0.717, 1.165) is 24.7 Å². The molecule has 0 unspecified atom stereocenters. The SMILES string of the molecule is Cc1c(CNCCCC(C)C)cc(C#N)n1C. The standard InChI is InChI=1S/C14H23N3/c1-11(2)6-5-7-16-10-13-8-14(9-15)17(4)12(13)3/h8,11,16H,5-7,10H2,1-4H3. The van der Waals surface area contributed by atoms with Gasteiger partial charge in [-0.1, -0.05) is 13.8 Å². The number of rotatable bonds is 6. The van der Waals surface area contributed by atoms with Crippen LogP contribution in [0.5, 0.6) is 0 Å². The van der Waals surface area contributed by atoms with E-state index in [1.165, 1.54) is 24.1 Å². The zero-order valence-corrected chi connectivity index (χ0v) is 11.4. The van der Waals surface area contributed by atoms with Gasteiger partial charge in [0.25, 0.3) is 0 Å². The fourth-order valence-electron chi connectivity index (χ4n) is 1.91. The summed E-state index contributed by atoms with van der Waals surface area (Å²) in [7, 11) is 1.94. The van der Waals surface area contributed by atoms with Crippen LogP contribution in [0.4, 0.5) is 0 Å². The van der Waals surface area contributed by atoms with Gasteiger partial charge in [-0.05, 0) is 43.9 Å². The lowest BCUT2D eigenvalue weighted by atomic mass is 10.1. The van der Waals surface area contributed by atoms with Crippen LogP contribution >= 0.6 is 0 Å². The van der Waals surface area contributed by atoms with Crippen LogP contribution in [0.1, 0.15) is 43.6 Å². The lowest BCUT2D eigenvalue weighted by molar-refractivity contribution is 0.527. The van der Waals surface area contributed by atoms with Crippen molar-refractivity contribution in [3.8, 4) is 6.07 Å². The van der Waals surface area contributed by atoms with Crippen molar-refractivity contribution >= 4 is 0 Å². The number of nitrogens with zero attached hydrogens (tertiary/aromatic N) is 2. The van der Waals surface area contributed by atoms with Gasteiger partial charge in [0.2, 0.25) is 0 Å². The smallest absolute Gasteiger partial charge is 0.120 e. The maximum absolute atomic E-state index is 8.94. The first kappa shape index (κ1) is 13.8. The van der Waals surface area contributed by atoms with Crippen molar-refractivity contribution in [2.75, 3.05) is 6.54 Å². The van der Waals surface area contributed by atoms with Gasteiger partial charge in [-0.15, -0.1) is 0 Å². The molecule has 1 aromatic rings. The highest BCUT2D eigenvalue weighted by Crippen LogP contribution is 2.13. The summed E-state index contributed by atoms with van der Waals surface area (Å²) in [4.78, 5) is 0. The molecule has 0 saturated carbocycles. The van der Waals surface area contributed by atoms with Gasteiger partial charge in [0, 0.05) is 19.3 Å². The normalized spacial score (nSPS) is 10.8. The van der Waals surface area contributed by atoms with E-state index in [-0.39, 0.29) is 0 Å². The quantitative estimate of drug-likeness (QED) is 0.767. The Balaban J connectivity index is 2.40. The summed E-state index contributed by atoms with van der Waals surface area (Å²) in [6, 6.07) is 4.19. The van der Waals surface area contributed by atoms with Crippen molar-refractivity contribution in [2.45, 2.75) is 40.2 Å². The molecular weight excluding hydrogens is 210 g/mol. The summed E-state index contributed by atoms with van der Waals surface area (Å²) in [5, 5.41) is 12.4. The lowest BCUT2D eigenvalue weighted by Gasteiger charge is -2.06. The first-order valence-electron chi connectivity index (χ1n) is 6.32. The van der Waals surface area contributed by atoms with Gasteiger partial charge in [0.15, 0.2) is 0 Å². The fourth-order valence-corrected chi connectivity index (χ4v) is 1.91. The van der Waals surface area contributed by atoms with Gasteiger partial charge in [-0.25, -0.2) is 0 Å². The second kappa shape index (κ2) is 6.46. The van der Waals surface area contributed by atoms with Gasteiger partial charge < -0.3 is 9.88 Å². The Kier molecular flexibility index (Phi) is 5.24. The molecule has 17 heavy (non-hydrogen) atoms. The summed E-state index contributed by atoms with van der Waals surface area (Å²) in [5.74, 6) is 0.778. The van der Waals surface area contributed by atoms with Crippen molar-refractivity contribution in [1.29, 1.82) is 5.26 Å². The molecule has 1 rings (SSSR count). The average Bonchev–Trinajstić information content (AvgIpc) is 2.56. The molecule has 3 nitrogen and oxygen atoms in total. The Hall–Kier alpha value is -1.27. The van der Waals surface area contributed by atoms with Crippen LogP contribution in [-0.2, 0) is 13.6 Å². The fraction of sp³-hybridized carbons (Fsp3) is 0.643. The minimum atomic E-state index is 0.737. The number of aromatic nitrogens is 1. The molecule has 0 aliphatic carbocycles. The molecule has 0 aromatic carbocycles. The highest BCUT2D eigenvalue weighted by Gasteiger charge is 2.07.